The van der Waals surface area contributed by atoms with Crippen LogP contribution in [0.25, 0.3) is 10.8 Å². The van der Waals surface area contributed by atoms with Gasteiger partial charge < -0.3 is 4.90 Å². The molecule has 0 bridgehead atoms. The normalized spacial score (nSPS) is 13.4. The van der Waals surface area contributed by atoms with Crippen molar-refractivity contribution in [1.29, 1.82) is 0 Å². The molecule has 25 heavy (non-hydrogen) atoms. The van der Waals surface area contributed by atoms with Crippen molar-refractivity contribution in [2.75, 3.05) is 18.0 Å². The molecule has 1 atom stereocenters. The molecule has 2 aromatic rings. The smallest absolute Gasteiger partial charge is 0.161 e. The number of Topliss-reactive ketones (excluding diaryl/α,β-unsaturated/α-hetero) is 1. The Bertz CT molecular complexity index is 788. The average Bonchev–Trinajstić information content (AvgIpc) is 2.56. The summed E-state index contributed by atoms with van der Waals surface area (Å²) in [5, 5.41) is 2.19. The van der Waals surface area contributed by atoms with Crippen LogP contribution in [0.15, 0.2) is 35.3 Å². The molecule has 0 amide bonds. The van der Waals surface area contributed by atoms with Crippen molar-refractivity contribution >= 4 is 59.1 Å². The number of halogens is 2. The first kappa shape index (κ1) is 21.4. The average molecular weight is 382 g/mol. The molecule has 0 saturated carbocycles. The first-order valence-corrected chi connectivity index (χ1v) is 8.21. The highest BCUT2D eigenvalue weighted by molar-refractivity contribution is 6.15. The molecule has 0 aliphatic carbocycles. The van der Waals surface area contributed by atoms with Crippen LogP contribution in [0.1, 0.15) is 38.1 Å². The number of rotatable bonds is 5. The molecule has 6 heteroatoms. The van der Waals surface area contributed by atoms with Crippen molar-refractivity contribution in [3.05, 3.63) is 35.9 Å². The molecule has 1 unspecified atom stereocenters. The lowest BCUT2D eigenvalue weighted by Gasteiger charge is -2.37. The number of ketones is 1. The molecule has 4 nitrogen and oxygen atoms in total. The van der Waals surface area contributed by atoms with Crippen LogP contribution in [-0.4, -0.2) is 36.3 Å². The molecule has 2 aromatic carbocycles. The van der Waals surface area contributed by atoms with Gasteiger partial charge in [-0.25, -0.2) is 4.99 Å². The van der Waals surface area contributed by atoms with Crippen LogP contribution in [0, 0.1) is 0 Å². The molecular weight excluding hydrogens is 357 g/mol. The zero-order valence-electron chi connectivity index (χ0n) is 15.0. The van der Waals surface area contributed by atoms with Gasteiger partial charge >= 0.3 is 0 Å². The van der Waals surface area contributed by atoms with Crippen molar-refractivity contribution in [1.82, 2.24) is 4.90 Å². The predicted octanol–water partition coefficient (Wildman–Crippen LogP) is 5.05. The van der Waals surface area contributed by atoms with Crippen molar-refractivity contribution in [2.45, 2.75) is 33.9 Å². The molecule has 1 aliphatic heterocycles. The number of carbonyl (C=O) groups is 1. The van der Waals surface area contributed by atoms with Gasteiger partial charge in [-0.15, -0.1) is 24.8 Å². The number of nitrogens with zero attached hydrogens (tertiary/aromatic N) is 3. The van der Waals surface area contributed by atoms with E-state index in [0.29, 0.717) is 5.56 Å². The summed E-state index contributed by atoms with van der Waals surface area (Å²) in [6.07, 6.45) is 2.08. The monoisotopic (exact) mass is 381 g/mol. The minimum atomic E-state index is 0. The number of hydrogen-bond acceptors (Lipinski definition) is 4. The van der Waals surface area contributed by atoms with E-state index in [9.17, 15) is 4.79 Å². The van der Waals surface area contributed by atoms with Gasteiger partial charge in [0.15, 0.2) is 5.78 Å². The summed E-state index contributed by atoms with van der Waals surface area (Å²) >= 11 is 0. The van der Waals surface area contributed by atoms with Crippen molar-refractivity contribution in [2.24, 2.45) is 4.99 Å². The van der Waals surface area contributed by atoms with Crippen LogP contribution < -0.4 is 4.90 Å². The fraction of sp³-hybridized carbons (Fsp3) is 0.368. The zero-order valence-corrected chi connectivity index (χ0v) is 16.7. The summed E-state index contributed by atoms with van der Waals surface area (Å²) < 4.78 is 0. The van der Waals surface area contributed by atoms with E-state index in [1.54, 1.807) is 6.92 Å². The van der Waals surface area contributed by atoms with Gasteiger partial charge in [0.1, 0.15) is 0 Å². The lowest BCUT2D eigenvalue weighted by molar-refractivity contribution is 0.101. The molecule has 0 radical (unpaired) electrons. The van der Waals surface area contributed by atoms with Gasteiger partial charge in [-0.1, -0.05) is 32.0 Å². The fourth-order valence-corrected chi connectivity index (χ4v) is 3.38. The summed E-state index contributed by atoms with van der Waals surface area (Å²) in [7, 11) is 0. The summed E-state index contributed by atoms with van der Waals surface area (Å²) in [4.78, 5) is 21.1. The number of anilines is 1. The standard InChI is InChI=1S/C19H23N3O.2ClH/c1-5-21(6-2)14(4)22-12-20-19-16(13(3)23)11-10-15-8-7-9-17(22)18(15)19;;/h7-12,14H,5-6H2,1-4H3;2*1H. The van der Waals surface area contributed by atoms with Gasteiger partial charge in [0.05, 0.1) is 23.9 Å². The van der Waals surface area contributed by atoms with Crippen LogP contribution in [0.4, 0.5) is 11.4 Å². The molecule has 1 heterocycles. The summed E-state index contributed by atoms with van der Waals surface area (Å²) in [5.41, 5.74) is 2.61. The molecular formula is C19H25Cl2N3O. The third-order valence-corrected chi connectivity index (χ3v) is 4.71. The Kier molecular flexibility index (Phi) is 7.42. The predicted molar refractivity (Wildman–Crippen MR) is 111 cm³/mol. The Labute approximate surface area is 161 Å². The van der Waals surface area contributed by atoms with E-state index in [2.05, 4.69) is 53.8 Å². The highest BCUT2D eigenvalue weighted by atomic mass is 35.5. The van der Waals surface area contributed by atoms with Crippen LogP contribution >= 0.6 is 24.8 Å². The van der Waals surface area contributed by atoms with Gasteiger partial charge in [-0.3, -0.25) is 9.69 Å². The Balaban J connectivity index is 0.00000156. The van der Waals surface area contributed by atoms with Crippen LogP contribution in [-0.2, 0) is 0 Å². The minimum Gasteiger partial charge on any atom is -0.316 e. The molecule has 0 saturated heterocycles. The van der Waals surface area contributed by atoms with Crippen molar-refractivity contribution in [3.8, 4) is 0 Å². The maximum absolute atomic E-state index is 11.9. The molecule has 136 valence electrons. The number of hydrogen-bond donors (Lipinski definition) is 0. The van der Waals surface area contributed by atoms with Gasteiger partial charge in [0.25, 0.3) is 0 Å². The van der Waals surface area contributed by atoms with E-state index >= 15 is 0 Å². The van der Waals surface area contributed by atoms with E-state index in [-0.39, 0.29) is 36.8 Å². The minimum absolute atomic E-state index is 0. The zero-order chi connectivity index (χ0) is 16.6. The van der Waals surface area contributed by atoms with E-state index < -0.39 is 0 Å². The second-order valence-corrected chi connectivity index (χ2v) is 5.90. The lowest BCUT2D eigenvalue weighted by Crippen LogP contribution is -2.46. The molecule has 1 aliphatic rings. The fourth-order valence-electron chi connectivity index (χ4n) is 3.38. The Hall–Kier alpha value is -1.62. The summed E-state index contributed by atoms with van der Waals surface area (Å²) in [5.74, 6) is 0.0547. The first-order chi connectivity index (χ1) is 11.1. The van der Waals surface area contributed by atoms with Gasteiger partial charge in [-0.05, 0) is 44.5 Å². The maximum atomic E-state index is 11.9. The number of benzene rings is 2. The largest absolute Gasteiger partial charge is 0.316 e. The highest BCUT2D eigenvalue weighted by Crippen LogP contribution is 2.40. The third-order valence-electron chi connectivity index (χ3n) is 4.71. The van der Waals surface area contributed by atoms with Crippen LogP contribution in [0.5, 0.6) is 0 Å². The summed E-state index contributed by atoms with van der Waals surface area (Å²) in [6, 6.07) is 10.1. The molecule has 0 spiro atoms. The van der Waals surface area contributed by atoms with Gasteiger partial charge in [0.2, 0.25) is 0 Å². The topological polar surface area (TPSA) is 35.9 Å². The van der Waals surface area contributed by atoms with E-state index in [4.69, 9.17) is 0 Å². The van der Waals surface area contributed by atoms with Crippen LogP contribution in [0.2, 0.25) is 0 Å². The SMILES string of the molecule is CCN(CC)C(C)N1C=Nc2c(C(C)=O)ccc3cccc1c23.Cl.Cl. The highest BCUT2D eigenvalue weighted by Gasteiger charge is 2.25. The quantitative estimate of drug-likeness (QED) is 0.679. The lowest BCUT2D eigenvalue weighted by atomic mass is 9.99. The Morgan fingerprint density at radius 1 is 1.16 bits per heavy atom. The molecule has 0 N–H and O–H groups in total. The maximum Gasteiger partial charge on any atom is 0.161 e. The Morgan fingerprint density at radius 2 is 1.84 bits per heavy atom. The first-order valence-electron chi connectivity index (χ1n) is 8.21. The molecule has 3 rings (SSSR count). The molecule has 0 aromatic heterocycles. The van der Waals surface area contributed by atoms with E-state index in [0.717, 1.165) is 35.2 Å². The van der Waals surface area contributed by atoms with E-state index in [1.165, 1.54) is 0 Å². The van der Waals surface area contributed by atoms with Crippen molar-refractivity contribution in [3.63, 3.8) is 0 Å². The summed E-state index contributed by atoms with van der Waals surface area (Å²) in [6.45, 7) is 10.1. The van der Waals surface area contributed by atoms with Crippen LogP contribution in [0.3, 0.4) is 0 Å². The second-order valence-electron chi connectivity index (χ2n) is 5.90. The van der Waals surface area contributed by atoms with Gasteiger partial charge in [0, 0.05) is 10.9 Å². The van der Waals surface area contributed by atoms with E-state index in [1.807, 2.05) is 18.5 Å². The Morgan fingerprint density at radius 3 is 2.44 bits per heavy atom. The second kappa shape index (κ2) is 8.65. The third kappa shape index (κ3) is 3.66. The number of carbonyl (C=O) groups excluding carboxylic acids is 1. The van der Waals surface area contributed by atoms with Gasteiger partial charge in [-0.2, -0.15) is 0 Å². The van der Waals surface area contributed by atoms with Crippen molar-refractivity contribution < 1.29 is 4.79 Å². The number of aliphatic imine (C=N–C) groups is 1. The molecule has 0 fully saturated rings.